The van der Waals surface area contributed by atoms with Gasteiger partial charge in [-0.1, -0.05) is 42.5 Å². The van der Waals surface area contributed by atoms with Crippen molar-refractivity contribution in [3.63, 3.8) is 0 Å². The summed E-state index contributed by atoms with van der Waals surface area (Å²) in [4.78, 5) is 8.52. The summed E-state index contributed by atoms with van der Waals surface area (Å²) in [6, 6.07) is 18.6. The molecular weight excluding hydrogens is 348 g/mol. The van der Waals surface area contributed by atoms with Crippen LogP contribution in [0.15, 0.2) is 78.0 Å². The first-order chi connectivity index (χ1) is 12.6. The first-order valence-electron chi connectivity index (χ1n) is 8.32. The third-order valence-corrected chi connectivity index (χ3v) is 6.15. The molecule has 1 aromatic heterocycles. The number of nitrogens with one attached hydrogen (secondary N) is 1. The number of hydrogen-bond donors (Lipinski definition) is 1. The van der Waals surface area contributed by atoms with Crippen LogP contribution in [-0.2, 0) is 10.0 Å². The SMILES string of the molecule is O=S(=O)(c1cccc(-c2ccccc2)c1)N1CC(Nc2ncccn2)C1. The topological polar surface area (TPSA) is 75.2 Å². The van der Waals surface area contributed by atoms with Crippen LogP contribution in [0.2, 0.25) is 0 Å². The van der Waals surface area contributed by atoms with E-state index >= 15 is 0 Å². The van der Waals surface area contributed by atoms with Gasteiger partial charge in [-0.05, 0) is 29.3 Å². The Morgan fingerprint density at radius 3 is 2.31 bits per heavy atom. The van der Waals surface area contributed by atoms with Gasteiger partial charge in [-0.15, -0.1) is 0 Å². The number of hydrogen-bond acceptors (Lipinski definition) is 5. The molecule has 6 nitrogen and oxygen atoms in total. The molecule has 0 radical (unpaired) electrons. The smallest absolute Gasteiger partial charge is 0.243 e. The van der Waals surface area contributed by atoms with Gasteiger partial charge in [0.05, 0.1) is 10.9 Å². The third-order valence-electron chi connectivity index (χ3n) is 4.33. The summed E-state index contributed by atoms with van der Waals surface area (Å²) in [5.74, 6) is 0.514. The van der Waals surface area contributed by atoms with E-state index in [1.807, 2.05) is 36.4 Å². The fourth-order valence-electron chi connectivity index (χ4n) is 2.90. The van der Waals surface area contributed by atoms with Gasteiger partial charge in [0.25, 0.3) is 0 Å². The van der Waals surface area contributed by atoms with E-state index in [-0.39, 0.29) is 6.04 Å². The van der Waals surface area contributed by atoms with Gasteiger partial charge < -0.3 is 5.32 Å². The normalized spacial score (nSPS) is 15.4. The van der Waals surface area contributed by atoms with E-state index in [9.17, 15) is 8.42 Å². The highest BCUT2D eigenvalue weighted by molar-refractivity contribution is 7.89. The van der Waals surface area contributed by atoms with Crippen molar-refractivity contribution in [2.75, 3.05) is 18.4 Å². The molecule has 1 saturated heterocycles. The van der Waals surface area contributed by atoms with Crippen LogP contribution in [0.1, 0.15) is 0 Å². The number of aromatic nitrogens is 2. The minimum absolute atomic E-state index is 0.0180. The fourth-order valence-corrected chi connectivity index (χ4v) is 4.47. The minimum Gasteiger partial charge on any atom is -0.349 e. The maximum absolute atomic E-state index is 12.9. The van der Waals surface area contributed by atoms with Gasteiger partial charge in [0, 0.05) is 25.5 Å². The molecule has 0 atom stereocenters. The standard InChI is InChI=1S/C19H18N4O2S/c24-26(25,23-13-17(14-23)22-19-20-10-5-11-21-19)18-9-4-8-16(12-18)15-6-2-1-3-7-15/h1-12,17H,13-14H2,(H,20,21,22). The number of sulfonamides is 1. The lowest BCUT2D eigenvalue weighted by Gasteiger charge is -2.38. The van der Waals surface area contributed by atoms with Crippen LogP contribution < -0.4 is 5.32 Å². The highest BCUT2D eigenvalue weighted by Crippen LogP contribution is 2.27. The van der Waals surface area contributed by atoms with E-state index in [0.29, 0.717) is 23.9 Å². The molecule has 1 N–H and O–H groups in total. The Morgan fingerprint density at radius 2 is 1.58 bits per heavy atom. The van der Waals surface area contributed by atoms with Crippen LogP contribution in [0.4, 0.5) is 5.95 Å². The highest BCUT2D eigenvalue weighted by atomic mass is 32.2. The van der Waals surface area contributed by atoms with Crippen molar-refractivity contribution < 1.29 is 8.42 Å². The quantitative estimate of drug-likeness (QED) is 0.751. The van der Waals surface area contributed by atoms with Gasteiger partial charge in [0.15, 0.2) is 0 Å². The molecule has 26 heavy (non-hydrogen) atoms. The summed E-state index contributed by atoms with van der Waals surface area (Å²) in [5.41, 5.74) is 1.88. The molecule has 1 fully saturated rings. The molecule has 0 aliphatic carbocycles. The minimum atomic E-state index is -3.51. The second-order valence-electron chi connectivity index (χ2n) is 6.13. The zero-order chi connectivity index (χ0) is 18.0. The Morgan fingerprint density at radius 1 is 0.885 bits per heavy atom. The lowest BCUT2D eigenvalue weighted by molar-refractivity contribution is 0.280. The summed E-state index contributed by atoms with van der Waals surface area (Å²) >= 11 is 0. The van der Waals surface area contributed by atoms with Crippen molar-refractivity contribution in [1.82, 2.24) is 14.3 Å². The summed E-state index contributed by atoms with van der Waals surface area (Å²) < 4.78 is 27.2. The van der Waals surface area contributed by atoms with Crippen LogP contribution in [0.5, 0.6) is 0 Å². The van der Waals surface area contributed by atoms with Crippen molar-refractivity contribution in [2.45, 2.75) is 10.9 Å². The maximum Gasteiger partial charge on any atom is 0.243 e. The molecule has 7 heteroatoms. The molecule has 0 bridgehead atoms. The van der Waals surface area contributed by atoms with E-state index in [4.69, 9.17) is 0 Å². The predicted molar refractivity (Wildman–Crippen MR) is 100 cm³/mol. The Bertz CT molecular complexity index is 988. The molecule has 3 aromatic rings. The second-order valence-corrected chi connectivity index (χ2v) is 8.07. The number of nitrogens with zero attached hydrogens (tertiary/aromatic N) is 3. The molecule has 0 unspecified atom stereocenters. The first kappa shape index (κ1) is 16.7. The van der Waals surface area contributed by atoms with Gasteiger partial charge in [-0.3, -0.25) is 0 Å². The lowest BCUT2D eigenvalue weighted by atomic mass is 10.1. The van der Waals surface area contributed by atoms with Crippen molar-refractivity contribution in [3.05, 3.63) is 73.1 Å². The van der Waals surface area contributed by atoms with E-state index in [1.54, 1.807) is 36.7 Å². The van der Waals surface area contributed by atoms with Crippen molar-refractivity contribution in [2.24, 2.45) is 0 Å². The molecule has 1 aliphatic heterocycles. The Labute approximate surface area is 152 Å². The molecule has 2 heterocycles. The summed E-state index contributed by atoms with van der Waals surface area (Å²) in [7, 11) is -3.51. The fraction of sp³-hybridized carbons (Fsp3) is 0.158. The third kappa shape index (κ3) is 3.31. The van der Waals surface area contributed by atoms with Gasteiger partial charge >= 0.3 is 0 Å². The van der Waals surface area contributed by atoms with Crippen molar-refractivity contribution >= 4 is 16.0 Å². The molecule has 0 saturated carbocycles. The molecule has 1 aliphatic rings. The maximum atomic E-state index is 12.9. The van der Waals surface area contributed by atoms with Crippen LogP contribution in [0.3, 0.4) is 0 Å². The summed E-state index contributed by atoms with van der Waals surface area (Å²) in [5, 5.41) is 3.14. The largest absolute Gasteiger partial charge is 0.349 e. The number of benzene rings is 2. The van der Waals surface area contributed by atoms with E-state index < -0.39 is 10.0 Å². The van der Waals surface area contributed by atoms with Crippen molar-refractivity contribution in [1.29, 1.82) is 0 Å². The molecule has 0 amide bonds. The van der Waals surface area contributed by atoms with Gasteiger partial charge in [0.1, 0.15) is 0 Å². The van der Waals surface area contributed by atoms with E-state index in [2.05, 4.69) is 15.3 Å². The van der Waals surface area contributed by atoms with Gasteiger partial charge in [0.2, 0.25) is 16.0 Å². The van der Waals surface area contributed by atoms with E-state index in [0.717, 1.165) is 11.1 Å². The molecule has 2 aromatic carbocycles. The van der Waals surface area contributed by atoms with Crippen molar-refractivity contribution in [3.8, 4) is 11.1 Å². The van der Waals surface area contributed by atoms with E-state index in [1.165, 1.54) is 4.31 Å². The number of rotatable bonds is 5. The lowest BCUT2D eigenvalue weighted by Crippen LogP contribution is -2.56. The highest BCUT2D eigenvalue weighted by Gasteiger charge is 2.37. The summed E-state index contributed by atoms with van der Waals surface area (Å²) in [6.07, 6.45) is 3.30. The Balaban J connectivity index is 1.48. The monoisotopic (exact) mass is 366 g/mol. The van der Waals surface area contributed by atoms with Crippen LogP contribution in [0, 0.1) is 0 Å². The predicted octanol–water partition coefficient (Wildman–Crippen LogP) is 2.63. The second kappa shape index (κ2) is 6.86. The molecular formula is C19H18N4O2S. The number of anilines is 1. The first-order valence-corrected chi connectivity index (χ1v) is 9.76. The Kier molecular flexibility index (Phi) is 4.40. The van der Waals surface area contributed by atoms with Crippen LogP contribution in [0.25, 0.3) is 11.1 Å². The zero-order valence-electron chi connectivity index (χ0n) is 14.0. The average Bonchev–Trinajstić information content (AvgIpc) is 2.66. The molecule has 4 rings (SSSR count). The average molecular weight is 366 g/mol. The zero-order valence-corrected chi connectivity index (χ0v) is 14.8. The van der Waals surface area contributed by atoms with Crippen LogP contribution in [-0.4, -0.2) is 41.8 Å². The van der Waals surface area contributed by atoms with Crippen LogP contribution >= 0.6 is 0 Å². The Hall–Kier alpha value is -2.77. The van der Waals surface area contributed by atoms with Gasteiger partial charge in [-0.25, -0.2) is 18.4 Å². The van der Waals surface area contributed by atoms with Gasteiger partial charge in [-0.2, -0.15) is 4.31 Å². The molecule has 132 valence electrons. The molecule has 0 spiro atoms. The summed E-state index contributed by atoms with van der Waals surface area (Å²) in [6.45, 7) is 0.798.